The maximum Gasteiger partial charge on any atom is 0.323 e. The summed E-state index contributed by atoms with van der Waals surface area (Å²) >= 11 is 7.56. The third-order valence-electron chi connectivity index (χ3n) is 4.09. The van der Waals surface area contributed by atoms with Crippen molar-refractivity contribution in [3.8, 4) is 0 Å². The van der Waals surface area contributed by atoms with Gasteiger partial charge in [-0.1, -0.05) is 29.8 Å². The molecule has 1 N–H and O–H groups in total. The second kappa shape index (κ2) is 7.47. The fourth-order valence-corrected chi connectivity index (χ4v) is 4.08. The van der Waals surface area contributed by atoms with Crippen LogP contribution in [0.25, 0.3) is 10.2 Å². The largest absolute Gasteiger partial charge is 0.480 e. The van der Waals surface area contributed by atoms with Gasteiger partial charge in [-0.2, -0.15) is 5.10 Å². The van der Waals surface area contributed by atoms with Crippen LogP contribution in [0.1, 0.15) is 27.9 Å². The summed E-state index contributed by atoms with van der Waals surface area (Å²) in [5.74, 6) is -1.30. The molecule has 1 aromatic carbocycles. The van der Waals surface area contributed by atoms with Gasteiger partial charge in [0, 0.05) is 17.0 Å². The van der Waals surface area contributed by atoms with Crippen LogP contribution in [0.15, 0.2) is 30.3 Å². The zero-order valence-corrected chi connectivity index (χ0v) is 16.0. The van der Waals surface area contributed by atoms with E-state index in [1.807, 2.05) is 35.9 Å². The Hall–Kier alpha value is -2.38. The van der Waals surface area contributed by atoms with Crippen LogP contribution in [0.4, 0.5) is 0 Å². The van der Waals surface area contributed by atoms with Gasteiger partial charge in [0.1, 0.15) is 11.4 Å². The highest BCUT2D eigenvalue weighted by Crippen LogP contribution is 2.30. The van der Waals surface area contributed by atoms with Crippen LogP contribution in [-0.4, -0.2) is 44.8 Å². The first-order valence-electron chi connectivity index (χ1n) is 8.12. The number of carbonyl (C=O) groups is 2. The fourth-order valence-electron chi connectivity index (χ4n) is 2.76. The number of nitrogens with zero attached hydrogens (tertiary/aromatic N) is 3. The second-order valence-corrected chi connectivity index (χ2v) is 7.31. The number of aryl methyl sites for hydroxylation is 1. The number of aliphatic carboxylic acids is 1. The van der Waals surface area contributed by atoms with Gasteiger partial charge in [0.25, 0.3) is 5.91 Å². The van der Waals surface area contributed by atoms with E-state index in [4.69, 9.17) is 16.7 Å². The summed E-state index contributed by atoms with van der Waals surface area (Å²) < 4.78 is 1.83. The van der Waals surface area contributed by atoms with Crippen molar-refractivity contribution in [2.45, 2.75) is 20.4 Å². The van der Waals surface area contributed by atoms with E-state index >= 15 is 0 Å². The molecule has 3 rings (SSSR count). The summed E-state index contributed by atoms with van der Waals surface area (Å²) in [5.41, 5.74) is 1.77. The Kier molecular flexibility index (Phi) is 5.29. The molecular weight excluding hydrogens is 374 g/mol. The number of benzene rings is 1. The lowest BCUT2D eigenvalue weighted by Crippen LogP contribution is -2.34. The lowest BCUT2D eigenvalue weighted by atomic mass is 10.2. The Morgan fingerprint density at radius 2 is 2.08 bits per heavy atom. The molecule has 0 aliphatic rings. The lowest BCUT2D eigenvalue weighted by Gasteiger charge is -2.17. The highest BCUT2D eigenvalue weighted by atomic mass is 35.5. The summed E-state index contributed by atoms with van der Waals surface area (Å²) in [6.07, 6.45) is 0. The molecule has 0 aliphatic carbocycles. The summed E-state index contributed by atoms with van der Waals surface area (Å²) in [4.78, 5) is 26.3. The Morgan fingerprint density at radius 1 is 1.35 bits per heavy atom. The average molecular weight is 392 g/mol. The van der Waals surface area contributed by atoms with E-state index < -0.39 is 5.97 Å². The summed E-state index contributed by atoms with van der Waals surface area (Å²) in [6.45, 7) is 4.18. The van der Waals surface area contributed by atoms with Crippen molar-refractivity contribution in [2.24, 2.45) is 0 Å². The van der Waals surface area contributed by atoms with Crippen molar-refractivity contribution in [2.75, 3.05) is 13.1 Å². The zero-order valence-electron chi connectivity index (χ0n) is 14.4. The smallest absolute Gasteiger partial charge is 0.323 e. The Balaban J connectivity index is 1.95. The molecule has 0 atom stereocenters. The van der Waals surface area contributed by atoms with Crippen LogP contribution in [0.2, 0.25) is 5.02 Å². The lowest BCUT2D eigenvalue weighted by molar-refractivity contribution is -0.137. The van der Waals surface area contributed by atoms with Crippen LogP contribution in [-0.2, 0) is 11.3 Å². The van der Waals surface area contributed by atoms with E-state index in [0.717, 1.165) is 21.5 Å². The maximum absolute atomic E-state index is 12.6. The van der Waals surface area contributed by atoms with Gasteiger partial charge in [-0.3, -0.25) is 14.3 Å². The summed E-state index contributed by atoms with van der Waals surface area (Å²) in [6, 6.07) is 9.36. The fraction of sp³-hybridized carbons (Fsp3) is 0.278. The molecule has 0 unspecified atom stereocenters. The topological polar surface area (TPSA) is 75.4 Å². The molecule has 6 nitrogen and oxygen atoms in total. The standard InChI is InChI=1S/C18H18ClN3O3S/c1-3-21(10-16(23)24)17(25)15-8-13-11(2)20-22(18(13)26-15)9-12-6-4-5-7-14(12)19/h4-8H,3,9-10H2,1-2H3,(H,23,24). The number of aromatic nitrogens is 2. The SMILES string of the molecule is CCN(CC(=O)O)C(=O)c1cc2c(C)nn(Cc3ccccc3Cl)c2s1. The van der Waals surface area contributed by atoms with Gasteiger partial charge in [-0.15, -0.1) is 11.3 Å². The van der Waals surface area contributed by atoms with E-state index in [1.54, 1.807) is 13.0 Å². The number of hydrogen-bond acceptors (Lipinski definition) is 4. The van der Waals surface area contributed by atoms with Crippen LogP contribution in [0, 0.1) is 6.92 Å². The highest BCUT2D eigenvalue weighted by molar-refractivity contribution is 7.20. The van der Waals surface area contributed by atoms with Crippen molar-refractivity contribution in [1.29, 1.82) is 0 Å². The first-order chi connectivity index (χ1) is 12.4. The van der Waals surface area contributed by atoms with E-state index in [9.17, 15) is 9.59 Å². The van der Waals surface area contributed by atoms with E-state index in [1.165, 1.54) is 16.2 Å². The van der Waals surface area contributed by atoms with Crippen LogP contribution in [0.5, 0.6) is 0 Å². The van der Waals surface area contributed by atoms with Crippen LogP contribution >= 0.6 is 22.9 Å². The van der Waals surface area contributed by atoms with Gasteiger partial charge < -0.3 is 10.0 Å². The summed E-state index contributed by atoms with van der Waals surface area (Å²) in [7, 11) is 0. The predicted octanol–water partition coefficient (Wildman–Crippen LogP) is 3.65. The van der Waals surface area contributed by atoms with Crippen molar-refractivity contribution in [3.05, 3.63) is 51.5 Å². The number of thiophene rings is 1. The van der Waals surface area contributed by atoms with E-state index in [0.29, 0.717) is 23.0 Å². The molecule has 0 saturated carbocycles. The van der Waals surface area contributed by atoms with Crippen molar-refractivity contribution < 1.29 is 14.7 Å². The third-order valence-corrected chi connectivity index (χ3v) is 5.60. The Morgan fingerprint density at radius 3 is 2.73 bits per heavy atom. The minimum absolute atomic E-state index is 0.278. The minimum atomic E-state index is -1.03. The molecule has 0 spiro atoms. The maximum atomic E-state index is 12.6. The number of carbonyl (C=O) groups excluding carboxylic acids is 1. The number of hydrogen-bond donors (Lipinski definition) is 1. The average Bonchev–Trinajstić information content (AvgIpc) is 3.16. The minimum Gasteiger partial charge on any atom is -0.480 e. The number of amides is 1. The molecule has 8 heteroatoms. The quantitative estimate of drug-likeness (QED) is 0.695. The molecule has 1 amide bonds. The van der Waals surface area contributed by atoms with Gasteiger partial charge in [-0.05, 0) is 31.5 Å². The molecule has 2 heterocycles. The Labute approximate surface area is 159 Å². The first kappa shape index (κ1) is 18.4. The van der Waals surface area contributed by atoms with Gasteiger partial charge >= 0.3 is 5.97 Å². The molecule has 0 aliphatic heterocycles. The molecule has 26 heavy (non-hydrogen) atoms. The molecular formula is C18H18ClN3O3S. The molecule has 136 valence electrons. The van der Waals surface area contributed by atoms with E-state index in [-0.39, 0.29) is 12.5 Å². The van der Waals surface area contributed by atoms with Crippen molar-refractivity contribution in [3.63, 3.8) is 0 Å². The normalized spacial score (nSPS) is 11.0. The first-order valence-corrected chi connectivity index (χ1v) is 9.31. The number of likely N-dealkylation sites (N-methyl/N-ethyl adjacent to an activating group) is 1. The molecule has 2 aromatic heterocycles. The van der Waals surface area contributed by atoms with Crippen LogP contribution < -0.4 is 0 Å². The number of halogens is 1. The van der Waals surface area contributed by atoms with E-state index in [2.05, 4.69) is 5.10 Å². The van der Waals surface area contributed by atoms with Crippen molar-refractivity contribution >= 4 is 45.0 Å². The van der Waals surface area contributed by atoms with Crippen molar-refractivity contribution in [1.82, 2.24) is 14.7 Å². The predicted molar refractivity (Wildman–Crippen MR) is 102 cm³/mol. The number of carboxylic acid groups (broad SMARTS) is 1. The molecule has 0 radical (unpaired) electrons. The van der Waals surface area contributed by atoms with Gasteiger partial charge in [0.05, 0.1) is 17.1 Å². The molecule has 0 fully saturated rings. The number of carboxylic acids is 1. The second-order valence-electron chi connectivity index (χ2n) is 5.88. The molecule has 0 bridgehead atoms. The molecule has 3 aromatic rings. The monoisotopic (exact) mass is 391 g/mol. The molecule has 0 saturated heterocycles. The van der Waals surface area contributed by atoms with Crippen LogP contribution in [0.3, 0.4) is 0 Å². The van der Waals surface area contributed by atoms with Gasteiger partial charge in [0.2, 0.25) is 0 Å². The van der Waals surface area contributed by atoms with Gasteiger partial charge in [0.15, 0.2) is 0 Å². The zero-order chi connectivity index (χ0) is 18.8. The Bertz CT molecular complexity index is 979. The number of fused-ring (bicyclic) bond motifs is 1. The van der Waals surface area contributed by atoms with Gasteiger partial charge in [-0.25, -0.2) is 0 Å². The third kappa shape index (κ3) is 3.59. The highest BCUT2D eigenvalue weighted by Gasteiger charge is 2.22. The summed E-state index contributed by atoms with van der Waals surface area (Å²) in [5, 5.41) is 15.1. The number of rotatable bonds is 6.